The molecular weight excluding hydrogens is 228 g/mol. The van der Waals surface area contributed by atoms with Gasteiger partial charge in [-0.1, -0.05) is 37.3 Å². The minimum atomic E-state index is -0.340. The van der Waals surface area contributed by atoms with Gasteiger partial charge in [0, 0.05) is 19.0 Å². The van der Waals surface area contributed by atoms with Crippen LogP contribution in [0.2, 0.25) is 0 Å². The van der Waals surface area contributed by atoms with Crippen LogP contribution in [0.25, 0.3) is 0 Å². The summed E-state index contributed by atoms with van der Waals surface area (Å²) in [6.45, 7) is 2.41. The number of nitrogens with two attached hydrogens (primary N) is 1. The zero-order valence-electron chi connectivity index (χ0n) is 10.8. The fourth-order valence-electron chi connectivity index (χ4n) is 1.67. The second kappa shape index (κ2) is 7.84. The zero-order valence-corrected chi connectivity index (χ0v) is 10.8. The Labute approximate surface area is 108 Å². The van der Waals surface area contributed by atoms with E-state index in [4.69, 9.17) is 5.73 Å². The van der Waals surface area contributed by atoms with E-state index < -0.39 is 0 Å². The number of rotatable bonds is 7. The predicted octanol–water partition coefficient (Wildman–Crippen LogP) is 1.35. The van der Waals surface area contributed by atoms with Crippen molar-refractivity contribution >= 4 is 5.91 Å². The summed E-state index contributed by atoms with van der Waals surface area (Å²) in [7, 11) is 0. The van der Waals surface area contributed by atoms with E-state index in [0.717, 1.165) is 5.56 Å². The maximum Gasteiger partial charge on any atom is 0.221 e. The highest BCUT2D eigenvalue weighted by Crippen LogP contribution is 2.12. The lowest BCUT2D eigenvalue weighted by atomic mass is 10.0. The highest BCUT2D eigenvalue weighted by Gasteiger charge is 2.11. The van der Waals surface area contributed by atoms with Crippen LogP contribution in [0, 0.1) is 0 Å². The van der Waals surface area contributed by atoms with Gasteiger partial charge >= 0.3 is 0 Å². The Balaban J connectivity index is 2.28. The van der Waals surface area contributed by atoms with E-state index in [1.54, 1.807) is 0 Å². The van der Waals surface area contributed by atoms with E-state index in [-0.39, 0.29) is 24.5 Å². The molecule has 0 bridgehead atoms. The monoisotopic (exact) mass is 250 g/mol. The van der Waals surface area contributed by atoms with Crippen molar-refractivity contribution in [1.29, 1.82) is 0 Å². The zero-order chi connectivity index (χ0) is 13.4. The first-order chi connectivity index (χ1) is 8.63. The average Bonchev–Trinajstić information content (AvgIpc) is 2.39. The number of nitrogens with one attached hydrogen (secondary N) is 1. The lowest BCUT2D eigenvalue weighted by Crippen LogP contribution is -2.29. The molecule has 0 heterocycles. The molecule has 0 aromatic heterocycles. The van der Waals surface area contributed by atoms with Crippen LogP contribution in [0.1, 0.15) is 37.8 Å². The van der Waals surface area contributed by atoms with Crippen molar-refractivity contribution in [2.45, 2.75) is 38.3 Å². The largest absolute Gasteiger partial charge is 0.393 e. The molecule has 0 aliphatic carbocycles. The SMILES string of the molecule is CCC(O)CCNC(=O)CC(N)c1ccccc1. The molecule has 1 amide bonds. The number of hydrogen-bond acceptors (Lipinski definition) is 3. The van der Waals surface area contributed by atoms with E-state index in [2.05, 4.69) is 5.32 Å². The normalized spacial score (nSPS) is 13.9. The molecule has 0 aliphatic rings. The van der Waals surface area contributed by atoms with E-state index in [1.165, 1.54) is 0 Å². The van der Waals surface area contributed by atoms with Crippen LogP contribution in [0.3, 0.4) is 0 Å². The molecule has 0 aliphatic heterocycles. The highest BCUT2D eigenvalue weighted by molar-refractivity contribution is 5.76. The van der Waals surface area contributed by atoms with E-state index in [1.807, 2.05) is 37.3 Å². The third-order valence-corrected chi connectivity index (χ3v) is 2.90. The fraction of sp³-hybridized carbons (Fsp3) is 0.500. The number of benzene rings is 1. The molecule has 0 saturated carbocycles. The molecule has 1 aromatic carbocycles. The van der Waals surface area contributed by atoms with Gasteiger partial charge in [0.2, 0.25) is 5.91 Å². The van der Waals surface area contributed by atoms with Crippen LogP contribution in [-0.2, 0) is 4.79 Å². The molecule has 0 spiro atoms. The number of carbonyl (C=O) groups is 1. The Bertz CT molecular complexity index is 354. The molecule has 0 fully saturated rings. The second-order valence-electron chi connectivity index (χ2n) is 4.42. The number of carbonyl (C=O) groups excluding carboxylic acids is 1. The second-order valence-corrected chi connectivity index (χ2v) is 4.42. The summed E-state index contributed by atoms with van der Waals surface area (Å²) in [5.41, 5.74) is 6.90. The van der Waals surface area contributed by atoms with Gasteiger partial charge in [-0.3, -0.25) is 4.79 Å². The summed E-state index contributed by atoms with van der Waals surface area (Å²) in [4.78, 5) is 11.6. The Kier molecular flexibility index (Phi) is 6.39. The minimum absolute atomic E-state index is 0.0744. The van der Waals surface area contributed by atoms with Gasteiger partial charge in [0.05, 0.1) is 6.10 Å². The number of amides is 1. The van der Waals surface area contributed by atoms with Crippen LogP contribution in [0.4, 0.5) is 0 Å². The Morgan fingerprint density at radius 1 is 1.39 bits per heavy atom. The summed E-state index contributed by atoms with van der Waals surface area (Å²) in [5.74, 6) is -0.0744. The molecular formula is C14H22N2O2. The quantitative estimate of drug-likeness (QED) is 0.684. The van der Waals surface area contributed by atoms with Crippen LogP contribution >= 0.6 is 0 Å². The molecule has 4 nitrogen and oxygen atoms in total. The topological polar surface area (TPSA) is 75.3 Å². The van der Waals surface area contributed by atoms with Gasteiger partial charge in [-0.15, -0.1) is 0 Å². The molecule has 2 unspecified atom stereocenters. The Morgan fingerprint density at radius 2 is 2.06 bits per heavy atom. The molecule has 1 aromatic rings. The predicted molar refractivity (Wildman–Crippen MR) is 71.9 cm³/mol. The van der Waals surface area contributed by atoms with Crippen molar-refractivity contribution in [3.05, 3.63) is 35.9 Å². The highest BCUT2D eigenvalue weighted by atomic mass is 16.3. The van der Waals surface area contributed by atoms with Crippen molar-refractivity contribution in [2.24, 2.45) is 5.73 Å². The number of aliphatic hydroxyl groups is 1. The summed E-state index contributed by atoms with van der Waals surface area (Å²) in [5, 5.41) is 12.1. The Morgan fingerprint density at radius 3 is 2.67 bits per heavy atom. The van der Waals surface area contributed by atoms with Gasteiger partial charge in [-0.05, 0) is 18.4 Å². The van der Waals surface area contributed by atoms with Gasteiger partial charge in [0.1, 0.15) is 0 Å². The molecule has 18 heavy (non-hydrogen) atoms. The lowest BCUT2D eigenvalue weighted by Gasteiger charge is -2.13. The van der Waals surface area contributed by atoms with E-state index in [9.17, 15) is 9.90 Å². The van der Waals surface area contributed by atoms with Crippen LogP contribution in [0.5, 0.6) is 0 Å². The molecule has 100 valence electrons. The maximum absolute atomic E-state index is 11.6. The van der Waals surface area contributed by atoms with Gasteiger partial charge in [0.15, 0.2) is 0 Å². The molecule has 4 N–H and O–H groups in total. The molecule has 0 radical (unpaired) electrons. The molecule has 4 heteroatoms. The lowest BCUT2D eigenvalue weighted by molar-refractivity contribution is -0.121. The number of hydrogen-bond donors (Lipinski definition) is 3. The van der Waals surface area contributed by atoms with Crippen molar-refractivity contribution in [1.82, 2.24) is 5.32 Å². The van der Waals surface area contributed by atoms with Crippen LogP contribution < -0.4 is 11.1 Å². The van der Waals surface area contributed by atoms with Crippen molar-refractivity contribution < 1.29 is 9.90 Å². The van der Waals surface area contributed by atoms with Gasteiger partial charge in [-0.2, -0.15) is 0 Å². The van der Waals surface area contributed by atoms with Gasteiger partial charge in [0.25, 0.3) is 0 Å². The van der Waals surface area contributed by atoms with Crippen molar-refractivity contribution in [3.8, 4) is 0 Å². The van der Waals surface area contributed by atoms with E-state index in [0.29, 0.717) is 19.4 Å². The molecule has 1 rings (SSSR count). The first-order valence-electron chi connectivity index (χ1n) is 6.38. The molecule has 0 saturated heterocycles. The minimum Gasteiger partial charge on any atom is -0.393 e. The van der Waals surface area contributed by atoms with Crippen molar-refractivity contribution in [3.63, 3.8) is 0 Å². The summed E-state index contributed by atoms with van der Waals surface area (Å²) < 4.78 is 0. The summed E-state index contributed by atoms with van der Waals surface area (Å²) in [6.07, 6.45) is 1.22. The number of aliphatic hydroxyl groups excluding tert-OH is 1. The van der Waals surface area contributed by atoms with Crippen molar-refractivity contribution in [2.75, 3.05) is 6.54 Å². The van der Waals surface area contributed by atoms with Crippen LogP contribution in [0.15, 0.2) is 30.3 Å². The first kappa shape index (κ1) is 14.7. The summed E-state index contributed by atoms with van der Waals surface area (Å²) >= 11 is 0. The first-order valence-corrected chi connectivity index (χ1v) is 6.38. The molecule has 2 atom stereocenters. The van der Waals surface area contributed by atoms with Gasteiger partial charge in [-0.25, -0.2) is 0 Å². The van der Waals surface area contributed by atoms with E-state index >= 15 is 0 Å². The third-order valence-electron chi connectivity index (χ3n) is 2.90. The Hall–Kier alpha value is -1.39. The average molecular weight is 250 g/mol. The third kappa shape index (κ3) is 5.29. The van der Waals surface area contributed by atoms with Crippen LogP contribution in [-0.4, -0.2) is 23.7 Å². The fourth-order valence-corrected chi connectivity index (χ4v) is 1.67. The smallest absolute Gasteiger partial charge is 0.221 e. The van der Waals surface area contributed by atoms with Gasteiger partial charge < -0.3 is 16.2 Å². The maximum atomic E-state index is 11.6. The summed E-state index contributed by atoms with van der Waals surface area (Å²) in [6, 6.07) is 9.29. The standard InChI is InChI=1S/C14H22N2O2/c1-2-12(17)8-9-16-14(18)10-13(15)11-6-4-3-5-7-11/h3-7,12-13,17H,2,8-10,15H2,1H3,(H,16,18).